The van der Waals surface area contributed by atoms with E-state index in [2.05, 4.69) is 16.6 Å². The maximum atomic E-state index is 11.9. The summed E-state index contributed by atoms with van der Waals surface area (Å²) in [6.07, 6.45) is 7.07. The van der Waals surface area contributed by atoms with Gasteiger partial charge >= 0.3 is 0 Å². The standard InChI is InChI=1S/C13H15N3OS/c1-18-13(5-2-6-13)9-16-12(17)11-4-3-10(7-14)8-15-11/h3-4,8H,2,5-6,9H2,1H3,(H,16,17). The summed E-state index contributed by atoms with van der Waals surface area (Å²) in [6, 6.07) is 5.17. The van der Waals surface area contributed by atoms with Gasteiger partial charge in [0, 0.05) is 17.5 Å². The van der Waals surface area contributed by atoms with Crippen LogP contribution >= 0.6 is 11.8 Å². The SMILES string of the molecule is CSC1(CNC(=O)c2ccc(C#N)cn2)CCC1. The summed E-state index contributed by atoms with van der Waals surface area (Å²) in [5.74, 6) is -0.167. The Balaban J connectivity index is 1.93. The maximum Gasteiger partial charge on any atom is 0.269 e. The first-order chi connectivity index (χ1) is 8.69. The highest BCUT2D eigenvalue weighted by Crippen LogP contribution is 2.42. The molecule has 1 fully saturated rings. The second-order valence-corrected chi connectivity index (χ2v) is 5.74. The van der Waals surface area contributed by atoms with Crippen LogP contribution in [-0.2, 0) is 0 Å². The molecule has 1 amide bonds. The molecule has 1 aliphatic rings. The lowest BCUT2D eigenvalue weighted by Gasteiger charge is -2.40. The van der Waals surface area contributed by atoms with Gasteiger partial charge < -0.3 is 5.32 Å². The van der Waals surface area contributed by atoms with E-state index in [9.17, 15) is 4.79 Å². The normalized spacial score (nSPS) is 16.4. The van der Waals surface area contributed by atoms with Crippen molar-refractivity contribution in [3.8, 4) is 6.07 Å². The first-order valence-corrected chi connectivity index (χ1v) is 7.11. The second-order valence-electron chi connectivity index (χ2n) is 4.47. The zero-order valence-corrected chi connectivity index (χ0v) is 11.1. The van der Waals surface area contributed by atoms with Crippen molar-refractivity contribution in [3.05, 3.63) is 29.6 Å². The summed E-state index contributed by atoms with van der Waals surface area (Å²) in [5.41, 5.74) is 0.829. The Kier molecular flexibility index (Phi) is 3.87. The van der Waals surface area contributed by atoms with Gasteiger partial charge in [0.1, 0.15) is 11.8 Å². The first kappa shape index (κ1) is 12.9. The number of pyridine rings is 1. The predicted octanol–water partition coefficient (Wildman–Crippen LogP) is 1.97. The summed E-state index contributed by atoms with van der Waals surface area (Å²) < 4.78 is 0.224. The van der Waals surface area contributed by atoms with Crippen molar-refractivity contribution in [2.75, 3.05) is 12.8 Å². The zero-order valence-electron chi connectivity index (χ0n) is 10.3. The summed E-state index contributed by atoms with van der Waals surface area (Å²) in [4.78, 5) is 15.9. The smallest absolute Gasteiger partial charge is 0.269 e. The number of thioether (sulfide) groups is 1. The highest BCUT2D eigenvalue weighted by molar-refractivity contribution is 8.00. The monoisotopic (exact) mass is 261 g/mol. The highest BCUT2D eigenvalue weighted by atomic mass is 32.2. The van der Waals surface area contributed by atoms with Crippen molar-refractivity contribution in [1.82, 2.24) is 10.3 Å². The van der Waals surface area contributed by atoms with E-state index in [-0.39, 0.29) is 10.7 Å². The molecule has 0 unspecified atom stereocenters. The van der Waals surface area contributed by atoms with E-state index in [1.54, 1.807) is 12.1 Å². The van der Waals surface area contributed by atoms with E-state index in [0.29, 0.717) is 17.8 Å². The number of nitriles is 1. The molecule has 0 spiro atoms. The van der Waals surface area contributed by atoms with E-state index >= 15 is 0 Å². The molecule has 1 saturated carbocycles. The third-order valence-electron chi connectivity index (χ3n) is 3.39. The molecule has 2 rings (SSSR count). The number of carbonyl (C=O) groups excluding carboxylic acids is 1. The maximum absolute atomic E-state index is 11.9. The quantitative estimate of drug-likeness (QED) is 0.900. The average Bonchev–Trinajstić information content (AvgIpc) is 2.38. The van der Waals surface area contributed by atoms with Crippen molar-refractivity contribution >= 4 is 17.7 Å². The van der Waals surface area contributed by atoms with Crippen LogP contribution in [0.3, 0.4) is 0 Å². The van der Waals surface area contributed by atoms with Gasteiger partial charge in [0.2, 0.25) is 0 Å². The molecule has 1 aromatic heterocycles. The van der Waals surface area contributed by atoms with E-state index < -0.39 is 0 Å². The van der Waals surface area contributed by atoms with Crippen LogP contribution in [0.5, 0.6) is 0 Å². The third kappa shape index (κ3) is 2.65. The minimum atomic E-state index is -0.167. The second kappa shape index (κ2) is 5.40. The van der Waals surface area contributed by atoms with Crippen LogP contribution in [0.15, 0.2) is 18.3 Å². The summed E-state index contributed by atoms with van der Waals surface area (Å²) in [7, 11) is 0. The molecule has 5 heteroatoms. The fourth-order valence-corrected chi connectivity index (χ4v) is 2.86. The molecule has 0 saturated heterocycles. The van der Waals surface area contributed by atoms with Gasteiger partial charge in [-0.15, -0.1) is 0 Å². The van der Waals surface area contributed by atoms with Gasteiger partial charge in [0.15, 0.2) is 0 Å². The first-order valence-electron chi connectivity index (χ1n) is 5.89. The van der Waals surface area contributed by atoms with E-state index in [1.807, 2.05) is 17.8 Å². The van der Waals surface area contributed by atoms with Crippen LogP contribution < -0.4 is 5.32 Å². The van der Waals surface area contributed by atoms with Crippen LogP contribution in [0, 0.1) is 11.3 Å². The Labute approximate surface area is 111 Å². The molecule has 1 heterocycles. The lowest BCUT2D eigenvalue weighted by Crippen LogP contribution is -2.45. The van der Waals surface area contributed by atoms with E-state index in [0.717, 1.165) is 12.8 Å². The number of hydrogen-bond donors (Lipinski definition) is 1. The number of rotatable bonds is 4. The van der Waals surface area contributed by atoms with Crippen molar-refractivity contribution in [2.45, 2.75) is 24.0 Å². The molecule has 1 aromatic rings. The van der Waals surface area contributed by atoms with Gasteiger partial charge in [0.25, 0.3) is 5.91 Å². The van der Waals surface area contributed by atoms with Gasteiger partial charge in [0.05, 0.1) is 5.56 Å². The van der Waals surface area contributed by atoms with Gasteiger partial charge in [-0.3, -0.25) is 4.79 Å². The fraction of sp³-hybridized carbons (Fsp3) is 0.462. The van der Waals surface area contributed by atoms with Gasteiger partial charge in [-0.05, 0) is 31.2 Å². The molecule has 94 valence electrons. The Morgan fingerprint density at radius 2 is 2.39 bits per heavy atom. The highest BCUT2D eigenvalue weighted by Gasteiger charge is 2.36. The average molecular weight is 261 g/mol. The van der Waals surface area contributed by atoms with Crippen LogP contribution in [0.4, 0.5) is 0 Å². The number of aromatic nitrogens is 1. The molecule has 0 atom stereocenters. The molecule has 0 aliphatic heterocycles. The summed E-state index contributed by atoms with van der Waals surface area (Å²) in [5, 5.41) is 11.6. The molecule has 0 aromatic carbocycles. The number of nitrogens with zero attached hydrogens (tertiary/aromatic N) is 2. The molecule has 0 radical (unpaired) electrons. The Morgan fingerprint density at radius 3 is 2.83 bits per heavy atom. The van der Waals surface area contributed by atoms with E-state index in [4.69, 9.17) is 5.26 Å². The molecular formula is C13H15N3OS. The molecular weight excluding hydrogens is 246 g/mol. The van der Waals surface area contributed by atoms with Crippen molar-refractivity contribution in [2.24, 2.45) is 0 Å². The van der Waals surface area contributed by atoms with Crippen molar-refractivity contribution in [1.29, 1.82) is 5.26 Å². The molecule has 1 N–H and O–H groups in total. The molecule has 4 nitrogen and oxygen atoms in total. The lowest BCUT2D eigenvalue weighted by molar-refractivity contribution is 0.0939. The Bertz CT molecular complexity index is 468. The molecule has 0 bridgehead atoms. The van der Waals surface area contributed by atoms with Gasteiger partial charge in [-0.1, -0.05) is 6.42 Å². The van der Waals surface area contributed by atoms with Crippen LogP contribution in [-0.4, -0.2) is 28.4 Å². The van der Waals surface area contributed by atoms with Gasteiger partial charge in [-0.2, -0.15) is 17.0 Å². The Morgan fingerprint density at radius 1 is 1.61 bits per heavy atom. The van der Waals surface area contributed by atoms with Crippen LogP contribution in [0.25, 0.3) is 0 Å². The minimum absolute atomic E-state index is 0.167. The minimum Gasteiger partial charge on any atom is -0.349 e. The largest absolute Gasteiger partial charge is 0.349 e. The fourth-order valence-electron chi connectivity index (χ4n) is 1.95. The van der Waals surface area contributed by atoms with Crippen molar-refractivity contribution < 1.29 is 4.79 Å². The van der Waals surface area contributed by atoms with Crippen LogP contribution in [0.2, 0.25) is 0 Å². The van der Waals surface area contributed by atoms with Gasteiger partial charge in [-0.25, -0.2) is 4.98 Å². The lowest BCUT2D eigenvalue weighted by atomic mass is 9.84. The third-order valence-corrected chi connectivity index (χ3v) is 4.81. The zero-order chi connectivity index (χ0) is 13.0. The number of carbonyl (C=O) groups is 1. The van der Waals surface area contributed by atoms with Crippen LogP contribution in [0.1, 0.15) is 35.3 Å². The summed E-state index contributed by atoms with van der Waals surface area (Å²) in [6.45, 7) is 0.689. The number of amides is 1. The number of nitrogens with one attached hydrogen (secondary N) is 1. The molecule has 1 aliphatic carbocycles. The van der Waals surface area contributed by atoms with Crippen molar-refractivity contribution in [3.63, 3.8) is 0 Å². The Hall–Kier alpha value is -1.54. The molecule has 18 heavy (non-hydrogen) atoms. The predicted molar refractivity (Wildman–Crippen MR) is 71.4 cm³/mol. The number of hydrogen-bond acceptors (Lipinski definition) is 4. The van der Waals surface area contributed by atoms with E-state index in [1.165, 1.54) is 12.6 Å². The summed E-state index contributed by atoms with van der Waals surface area (Å²) >= 11 is 1.82. The topological polar surface area (TPSA) is 65.8 Å².